The molecule has 2 aliphatic heterocycles. The highest BCUT2D eigenvalue weighted by atomic mass is 16.5. The smallest absolute Gasteiger partial charge is 0.306 e. The minimum atomic E-state index is -0.948. The highest BCUT2D eigenvalue weighted by Crippen LogP contribution is 2.58. The van der Waals surface area contributed by atoms with E-state index in [2.05, 4.69) is 0 Å². The Bertz CT molecular complexity index is 980. The van der Waals surface area contributed by atoms with E-state index in [0.717, 1.165) is 5.56 Å². The van der Waals surface area contributed by atoms with E-state index in [1.165, 1.54) is 6.08 Å². The normalized spacial score (nSPS) is 29.4. The molecule has 0 N–H and O–H groups in total. The van der Waals surface area contributed by atoms with Gasteiger partial charge in [-0.15, -0.1) is 0 Å². The van der Waals surface area contributed by atoms with Crippen molar-refractivity contribution >= 4 is 23.6 Å². The average Bonchev–Trinajstić information content (AvgIpc) is 3.10. The summed E-state index contributed by atoms with van der Waals surface area (Å²) in [7, 11) is 0. The Morgan fingerprint density at radius 1 is 1.12 bits per heavy atom. The number of amides is 2. The van der Waals surface area contributed by atoms with Crippen LogP contribution >= 0.6 is 0 Å². The fraction of sp³-hybridized carbons (Fsp3) is 0.520. The van der Waals surface area contributed by atoms with E-state index in [1.54, 1.807) is 22.8 Å². The van der Waals surface area contributed by atoms with E-state index in [-0.39, 0.29) is 43.6 Å². The zero-order valence-electron chi connectivity index (χ0n) is 19.0. The summed E-state index contributed by atoms with van der Waals surface area (Å²) in [4.78, 5) is 55.9. The molecule has 2 fully saturated rings. The monoisotopic (exact) mass is 438 g/mol. The first-order chi connectivity index (χ1) is 15.1. The summed E-state index contributed by atoms with van der Waals surface area (Å²) in [6, 6.07) is 8.26. The third kappa shape index (κ3) is 3.34. The minimum Gasteiger partial charge on any atom is -0.466 e. The Labute approximate surface area is 188 Å². The summed E-state index contributed by atoms with van der Waals surface area (Å²) in [6.07, 6.45) is 3.25. The molecule has 3 aliphatic rings. The standard InChI is InChI=1S/C25H30N2O5/c1-5-32-20(29)14-18-22(30)26(15-16-9-7-6-8-10-16)21-23(31)27(24(2,3)4)19-13-17(28)11-12-25(18,19)21/h6-12,18-19,21H,5,13-15H2,1-4H3/t18-,19-,21+,25-/m0/s1. The molecule has 170 valence electrons. The van der Waals surface area contributed by atoms with Gasteiger partial charge in [0.2, 0.25) is 11.8 Å². The highest BCUT2D eigenvalue weighted by Gasteiger charge is 2.72. The first-order valence-electron chi connectivity index (χ1n) is 11.2. The minimum absolute atomic E-state index is 0.0767. The van der Waals surface area contributed by atoms with Crippen LogP contribution in [0.1, 0.15) is 46.1 Å². The second-order valence-corrected chi connectivity index (χ2v) is 9.81. The number of ketones is 1. The van der Waals surface area contributed by atoms with Gasteiger partial charge >= 0.3 is 5.97 Å². The first-order valence-corrected chi connectivity index (χ1v) is 11.2. The molecule has 2 saturated heterocycles. The predicted molar refractivity (Wildman–Crippen MR) is 117 cm³/mol. The number of carbonyl (C=O) groups is 4. The fourth-order valence-corrected chi connectivity index (χ4v) is 5.75. The van der Waals surface area contributed by atoms with Gasteiger partial charge in [-0.05, 0) is 39.3 Å². The Morgan fingerprint density at radius 3 is 2.44 bits per heavy atom. The van der Waals surface area contributed by atoms with Crippen molar-refractivity contribution in [2.24, 2.45) is 11.3 Å². The van der Waals surface area contributed by atoms with Crippen LogP contribution < -0.4 is 0 Å². The Kier molecular flexibility index (Phi) is 5.47. The van der Waals surface area contributed by atoms with Gasteiger partial charge in [-0.25, -0.2) is 0 Å². The largest absolute Gasteiger partial charge is 0.466 e. The fourth-order valence-electron chi connectivity index (χ4n) is 5.75. The molecule has 1 aliphatic carbocycles. The number of benzene rings is 1. The molecule has 32 heavy (non-hydrogen) atoms. The lowest BCUT2D eigenvalue weighted by Crippen LogP contribution is -2.54. The van der Waals surface area contributed by atoms with E-state index >= 15 is 0 Å². The van der Waals surface area contributed by atoms with Crippen molar-refractivity contribution in [3.63, 3.8) is 0 Å². The summed E-state index contributed by atoms with van der Waals surface area (Å²) >= 11 is 0. The molecule has 0 saturated carbocycles. The van der Waals surface area contributed by atoms with Gasteiger partial charge < -0.3 is 14.5 Å². The number of carbonyl (C=O) groups excluding carboxylic acids is 4. The van der Waals surface area contributed by atoms with Crippen molar-refractivity contribution in [1.29, 1.82) is 0 Å². The predicted octanol–water partition coefficient (Wildman–Crippen LogP) is 2.49. The maximum Gasteiger partial charge on any atom is 0.306 e. The van der Waals surface area contributed by atoms with Crippen LogP contribution in [0.2, 0.25) is 0 Å². The molecule has 0 radical (unpaired) electrons. The van der Waals surface area contributed by atoms with Crippen molar-refractivity contribution in [1.82, 2.24) is 9.80 Å². The summed E-state index contributed by atoms with van der Waals surface area (Å²) < 4.78 is 5.17. The van der Waals surface area contributed by atoms with Gasteiger partial charge in [0.05, 0.1) is 30.4 Å². The van der Waals surface area contributed by atoms with Gasteiger partial charge in [0.1, 0.15) is 6.04 Å². The topological polar surface area (TPSA) is 84.0 Å². The van der Waals surface area contributed by atoms with Crippen LogP contribution in [0.25, 0.3) is 0 Å². The molecule has 4 atom stereocenters. The molecule has 7 nitrogen and oxygen atoms in total. The van der Waals surface area contributed by atoms with Crippen LogP contribution in [0.3, 0.4) is 0 Å². The van der Waals surface area contributed by atoms with E-state index in [0.29, 0.717) is 0 Å². The molecular weight excluding hydrogens is 408 g/mol. The number of nitrogens with zero attached hydrogens (tertiary/aromatic N) is 2. The summed E-state index contributed by atoms with van der Waals surface area (Å²) in [6.45, 7) is 8.02. The lowest BCUT2D eigenvalue weighted by molar-refractivity contribution is -0.150. The number of rotatable bonds is 5. The number of esters is 1. The van der Waals surface area contributed by atoms with Gasteiger partial charge in [0, 0.05) is 18.5 Å². The van der Waals surface area contributed by atoms with Crippen LogP contribution in [-0.2, 0) is 30.5 Å². The zero-order chi connectivity index (χ0) is 23.3. The van der Waals surface area contributed by atoms with Gasteiger partial charge in [-0.3, -0.25) is 19.2 Å². The van der Waals surface area contributed by atoms with Crippen LogP contribution in [-0.4, -0.2) is 57.6 Å². The number of allylic oxidation sites excluding steroid dienone is 1. The summed E-state index contributed by atoms with van der Waals surface area (Å²) in [5.41, 5.74) is -0.584. The number of ether oxygens (including phenoxy) is 1. The Hall–Kier alpha value is -2.96. The Morgan fingerprint density at radius 2 is 1.81 bits per heavy atom. The lowest BCUT2D eigenvalue weighted by atomic mass is 9.65. The van der Waals surface area contributed by atoms with Crippen molar-refractivity contribution in [2.75, 3.05) is 6.61 Å². The maximum absolute atomic E-state index is 13.9. The molecule has 4 rings (SSSR count). The molecule has 1 aromatic carbocycles. The molecular formula is C25H30N2O5. The number of hydrogen-bond donors (Lipinski definition) is 0. The van der Waals surface area contributed by atoms with Crippen LogP contribution in [0.4, 0.5) is 0 Å². The third-order valence-corrected chi connectivity index (χ3v) is 6.88. The highest BCUT2D eigenvalue weighted by molar-refractivity contribution is 6.02. The van der Waals surface area contributed by atoms with Gasteiger partial charge in [0.25, 0.3) is 0 Å². The van der Waals surface area contributed by atoms with E-state index in [9.17, 15) is 19.2 Å². The quantitative estimate of drug-likeness (QED) is 0.660. The Balaban J connectivity index is 1.85. The summed E-state index contributed by atoms with van der Waals surface area (Å²) in [5.74, 6) is -1.71. The summed E-state index contributed by atoms with van der Waals surface area (Å²) in [5, 5.41) is 0. The van der Waals surface area contributed by atoms with Gasteiger partial charge in [-0.2, -0.15) is 0 Å². The maximum atomic E-state index is 13.9. The second-order valence-electron chi connectivity index (χ2n) is 9.81. The zero-order valence-corrected chi connectivity index (χ0v) is 19.0. The molecule has 1 spiro atoms. The molecule has 2 amide bonds. The van der Waals surface area contributed by atoms with Crippen molar-refractivity contribution in [3.05, 3.63) is 48.0 Å². The lowest BCUT2D eigenvalue weighted by Gasteiger charge is -2.44. The van der Waals surface area contributed by atoms with Crippen molar-refractivity contribution in [3.8, 4) is 0 Å². The SMILES string of the molecule is CCOC(=O)C[C@H]1C(=O)N(Cc2ccccc2)[C@@H]2C(=O)N(C(C)(C)C)[C@H]3CC(=O)C=C[C@@]312. The van der Waals surface area contributed by atoms with Crippen LogP contribution in [0, 0.1) is 11.3 Å². The number of hydrogen-bond acceptors (Lipinski definition) is 5. The van der Waals surface area contributed by atoms with Gasteiger partial charge in [0.15, 0.2) is 5.78 Å². The van der Waals surface area contributed by atoms with E-state index in [4.69, 9.17) is 4.74 Å². The van der Waals surface area contributed by atoms with Crippen molar-refractivity contribution < 1.29 is 23.9 Å². The average molecular weight is 439 g/mol. The first kappa shape index (κ1) is 22.2. The van der Waals surface area contributed by atoms with Crippen LogP contribution in [0.15, 0.2) is 42.5 Å². The molecule has 0 bridgehead atoms. The molecule has 0 aromatic heterocycles. The number of likely N-dealkylation sites (tertiary alicyclic amines) is 2. The van der Waals surface area contributed by atoms with E-state index < -0.39 is 34.9 Å². The van der Waals surface area contributed by atoms with Crippen molar-refractivity contribution in [2.45, 2.75) is 64.7 Å². The molecule has 7 heteroatoms. The molecule has 2 heterocycles. The third-order valence-electron chi connectivity index (χ3n) is 6.88. The second kappa shape index (κ2) is 7.87. The van der Waals surface area contributed by atoms with Gasteiger partial charge in [-0.1, -0.05) is 36.4 Å². The van der Waals surface area contributed by atoms with E-state index in [1.807, 2.05) is 51.1 Å². The molecule has 1 aromatic rings. The molecule has 0 unspecified atom stereocenters. The van der Waals surface area contributed by atoms with Crippen LogP contribution in [0.5, 0.6) is 0 Å².